The smallest absolute Gasteiger partial charge is 0.355 e. The van der Waals surface area contributed by atoms with Crippen molar-refractivity contribution in [3.63, 3.8) is 0 Å². The molecule has 6 nitrogen and oxygen atoms in total. The van der Waals surface area contributed by atoms with E-state index in [-0.39, 0.29) is 29.9 Å². The first-order valence-corrected chi connectivity index (χ1v) is 7.60. The van der Waals surface area contributed by atoms with E-state index in [4.69, 9.17) is 0 Å². The van der Waals surface area contributed by atoms with Gasteiger partial charge in [0.05, 0.1) is 0 Å². The minimum absolute atomic E-state index is 0. The number of hydrogen-bond acceptors (Lipinski definition) is 4. The second-order valence-corrected chi connectivity index (χ2v) is 5.31. The zero-order chi connectivity index (χ0) is 16.7. The predicted molar refractivity (Wildman–Crippen MR) is 97.7 cm³/mol. The molecule has 136 valence electrons. The first kappa shape index (κ1) is 20.7. The summed E-state index contributed by atoms with van der Waals surface area (Å²) in [6, 6.07) is 1.29. The Labute approximate surface area is 156 Å². The molecule has 0 spiro atoms. The third-order valence-corrected chi connectivity index (χ3v) is 3.57. The minimum atomic E-state index is -4.47. The molecule has 10 heteroatoms. The highest BCUT2D eigenvalue weighted by Crippen LogP contribution is 2.27. The number of alkyl halides is 3. The van der Waals surface area contributed by atoms with Crippen LogP contribution in [0.25, 0.3) is 0 Å². The molecule has 1 aromatic rings. The molecular weight excluding hydrogens is 436 g/mol. The Kier molecular flexibility index (Phi) is 8.50. The van der Waals surface area contributed by atoms with Gasteiger partial charge in [0.25, 0.3) is 0 Å². The van der Waals surface area contributed by atoms with Gasteiger partial charge in [-0.1, -0.05) is 12.8 Å². The van der Waals surface area contributed by atoms with E-state index in [1.165, 1.54) is 12.8 Å². The van der Waals surface area contributed by atoms with E-state index < -0.39 is 11.9 Å². The lowest BCUT2D eigenvalue weighted by Crippen LogP contribution is -2.43. The van der Waals surface area contributed by atoms with Crippen LogP contribution in [0.4, 0.5) is 19.1 Å². The van der Waals surface area contributed by atoms with Gasteiger partial charge in [-0.25, -0.2) is 9.97 Å². The molecular formula is C14H22F3IN6. The SMILES string of the molecule is CN=C(NCCNc1nccc(C(F)(F)F)n1)NC1CCCC1.I. The lowest BCUT2D eigenvalue weighted by Gasteiger charge is -2.17. The van der Waals surface area contributed by atoms with Crippen LogP contribution < -0.4 is 16.0 Å². The van der Waals surface area contributed by atoms with Crippen LogP contribution in [0.2, 0.25) is 0 Å². The van der Waals surface area contributed by atoms with E-state index in [0.29, 0.717) is 25.1 Å². The number of nitrogens with one attached hydrogen (secondary N) is 3. The van der Waals surface area contributed by atoms with E-state index in [9.17, 15) is 13.2 Å². The quantitative estimate of drug-likeness (QED) is 0.274. The Morgan fingerprint density at radius 2 is 2.00 bits per heavy atom. The first-order chi connectivity index (χ1) is 11.0. The van der Waals surface area contributed by atoms with Crippen molar-refractivity contribution in [3.05, 3.63) is 18.0 Å². The van der Waals surface area contributed by atoms with Crippen LogP contribution in [-0.2, 0) is 6.18 Å². The maximum absolute atomic E-state index is 12.5. The fourth-order valence-corrected chi connectivity index (χ4v) is 2.42. The second-order valence-electron chi connectivity index (χ2n) is 5.31. The average molecular weight is 458 g/mol. The van der Waals surface area contributed by atoms with E-state index in [1.54, 1.807) is 7.05 Å². The summed E-state index contributed by atoms with van der Waals surface area (Å²) in [5.41, 5.74) is -0.957. The van der Waals surface area contributed by atoms with Gasteiger partial charge < -0.3 is 16.0 Å². The van der Waals surface area contributed by atoms with Gasteiger partial charge in [-0.3, -0.25) is 4.99 Å². The van der Waals surface area contributed by atoms with Crippen LogP contribution in [0.5, 0.6) is 0 Å². The predicted octanol–water partition coefficient (Wildman–Crippen LogP) is 2.63. The topological polar surface area (TPSA) is 74.2 Å². The third kappa shape index (κ3) is 6.65. The first-order valence-electron chi connectivity index (χ1n) is 7.60. The van der Waals surface area contributed by atoms with Gasteiger partial charge in [0, 0.05) is 32.4 Å². The van der Waals surface area contributed by atoms with Crippen molar-refractivity contribution in [3.8, 4) is 0 Å². The minimum Gasteiger partial charge on any atom is -0.355 e. The fourth-order valence-electron chi connectivity index (χ4n) is 2.42. The number of anilines is 1. The molecule has 0 aliphatic heterocycles. The molecule has 0 atom stereocenters. The molecule has 0 bridgehead atoms. The number of aromatic nitrogens is 2. The molecule has 1 fully saturated rings. The molecule has 1 heterocycles. The third-order valence-electron chi connectivity index (χ3n) is 3.57. The van der Waals surface area contributed by atoms with E-state index in [0.717, 1.165) is 25.1 Å². The second kappa shape index (κ2) is 9.84. The Morgan fingerprint density at radius 1 is 1.29 bits per heavy atom. The summed E-state index contributed by atoms with van der Waals surface area (Å²) in [5.74, 6) is 0.657. The molecule has 1 aromatic heterocycles. The van der Waals surface area contributed by atoms with Gasteiger partial charge in [0.1, 0.15) is 5.69 Å². The average Bonchev–Trinajstić information content (AvgIpc) is 3.03. The molecule has 0 amide bonds. The molecule has 0 unspecified atom stereocenters. The van der Waals surface area contributed by atoms with Gasteiger partial charge in [-0.05, 0) is 18.9 Å². The van der Waals surface area contributed by atoms with Gasteiger partial charge in [-0.2, -0.15) is 13.2 Å². The van der Waals surface area contributed by atoms with Crippen LogP contribution in [0.1, 0.15) is 31.4 Å². The van der Waals surface area contributed by atoms with Crippen LogP contribution in [-0.4, -0.2) is 42.1 Å². The van der Waals surface area contributed by atoms with Crippen LogP contribution in [0, 0.1) is 0 Å². The van der Waals surface area contributed by atoms with E-state index in [1.807, 2.05) is 0 Å². The van der Waals surface area contributed by atoms with Crippen molar-refractivity contribution >= 4 is 35.9 Å². The van der Waals surface area contributed by atoms with Crippen molar-refractivity contribution < 1.29 is 13.2 Å². The maximum atomic E-state index is 12.5. The van der Waals surface area contributed by atoms with E-state index >= 15 is 0 Å². The lowest BCUT2D eigenvalue weighted by atomic mass is 10.2. The standard InChI is InChI=1S/C14H21F3N6.HI/c1-18-12(22-10-4-2-3-5-10)20-8-9-21-13-19-7-6-11(23-13)14(15,16)17;/h6-7,10H,2-5,8-9H2,1H3,(H2,18,20,22)(H,19,21,23);1H. The summed E-state index contributed by atoms with van der Waals surface area (Å²) in [6.07, 6.45) is 1.34. The van der Waals surface area contributed by atoms with Gasteiger partial charge in [0.15, 0.2) is 5.96 Å². The van der Waals surface area contributed by atoms with Crippen molar-refractivity contribution in [1.82, 2.24) is 20.6 Å². The van der Waals surface area contributed by atoms with Gasteiger partial charge in [-0.15, -0.1) is 24.0 Å². The molecule has 0 saturated heterocycles. The molecule has 2 rings (SSSR count). The van der Waals surface area contributed by atoms with E-state index in [2.05, 4.69) is 30.9 Å². The number of hydrogen-bond donors (Lipinski definition) is 3. The maximum Gasteiger partial charge on any atom is 0.433 e. The summed E-state index contributed by atoms with van der Waals surface area (Å²) in [6.45, 7) is 0.874. The number of rotatable bonds is 5. The molecule has 0 aromatic carbocycles. The zero-order valence-corrected chi connectivity index (χ0v) is 15.7. The summed E-state index contributed by atoms with van der Waals surface area (Å²) < 4.78 is 37.6. The Hall–Kier alpha value is -1.33. The zero-order valence-electron chi connectivity index (χ0n) is 13.4. The molecule has 1 aliphatic carbocycles. The lowest BCUT2D eigenvalue weighted by molar-refractivity contribution is -0.141. The number of aliphatic imine (C=N–C) groups is 1. The van der Waals surface area contributed by atoms with Crippen molar-refractivity contribution in [2.75, 3.05) is 25.5 Å². The van der Waals surface area contributed by atoms with Crippen LogP contribution in [0.3, 0.4) is 0 Å². The monoisotopic (exact) mass is 458 g/mol. The Balaban J connectivity index is 0.00000288. The van der Waals surface area contributed by atoms with Gasteiger partial charge in [0.2, 0.25) is 5.95 Å². The highest BCUT2D eigenvalue weighted by molar-refractivity contribution is 14.0. The highest BCUT2D eigenvalue weighted by Gasteiger charge is 2.32. The summed E-state index contributed by atoms with van der Waals surface area (Å²) >= 11 is 0. The highest BCUT2D eigenvalue weighted by atomic mass is 127. The molecule has 1 saturated carbocycles. The van der Waals surface area contributed by atoms with Gasteiger partial charge >= 0.3 is 6.18 Å². The summed E-state index contributed by atoms with van der Waals surface area (Å²) in [4.78, 5) is 11.3. The van der Waals surface area contributed by atoms with Crippen molar-refractivity contribution in [2.24, 2.45) is 4.99 Å². The number of guanidine groups is 1. The van der Waals surface area contributed by atoms with Crippen molar-refractivity contribution in [1.29, 1.82) is 0 Å². The number of halogens is 4. The largest absolute Gasteiger partial charge is 0.433 e. The fraction of sp³-hybridized carbons (Fsp3) is 0.643. The number of nitrogens with zero attached hydrogens (tertiary/aromatic N) is 3. The Bertz CT molecular complexity index is 531. The Morgan fingerprint density at radius 3 is 2.62 bits per heavy atom. The summed E-state index contributed by atoms with van der Waals surface area (Å²) in [5, 5.41) is 9.20. The van der Waals surface area contributed by atoms with Crippen LogP contribution >= 0.6 is 24.0 Å². The molecule has 0 radical (unpaired) electrons. The van der Waals surface area contributed by atoms with Crippen molar-refractivity contribution in [2.45, 2.75) is 37.9 Å². The van der Waals surface area contributed by atoms with Crippen LogP contribution in [0.15, 0.2) is 17.3 Å². The summed E-state index contributed by atoms with van der Waals surface area (Å²) in [7, 11) is 1.69. The normalized spacial score (nSPS) is 15.8. The molecule has 24 heavy (non-hydrogen) atoms. The molecule has 3 N–H and O–H groups in total. The molecule has 1 aliphatic rings.